The van der Waals surface area contributed by atoms with Crippen LogP contribution in [0.15, 0.2) is 0 Å². The van der Waals surface area contributed by atoms with Gasteiger partial charge in [-0.15, -0.1) is 0 Å². The zero-order valence-corrected chi connectivity index (χ0v) is 7.67. The first-order chi connectivity index (χ1) is 6.27. The lowest BCUT2D eigenvalue weighted by molar-refractivity contribution is -0.256. The summed E-state index contributed by atoms with van der Waals surface area (Å²) in [6.45, 7) is 0.458. The van der Waals surface area contributed by atoms with E-state index in [1.807, 2.05) is 0 Å². The Morgan fingerprint density at radius 2 is 2.08 bits per heavy atom. The van der Waals surface area contributed by atoms with Crippen molar-refractivity contribution in [2.45, 2.75) is 30.7 Å². The fourth-order valence-corrected chi connectivity index (χ4v) is 1.91. The lowest BCUT2D eigenvalue weighted by Gasteiger charge is -2.35. The molecule has 2 bridgehead atoms. The van der Waals surface area contributed by atoms with Crippen molar-refractivity contribution in [2.24, 2.45) is 0 Å². The number of aliphatic hydroxyl groups excluding tert-OH is 1. The normalized spacial score (nSPS) is 49.6. The molecule has 5 nitrogen and oxygen atoms in total. The molecule has 0 aliphatic carbocycles. The minimum atomic E-state index is -0.770. The highest BCUT2D eigenvalue weighted by Crippen LogP contribution is 2.31. The molecule has 0 aromatic carbocycles. The van der Waals surface area contributed by atoms with Gasteiger partial charge in [-0.05, 0) is 0 Å². The Morgan fingerprint density at radius 3 is 2.69 bits per heavy atom. The second-order valence-electron chi connectivity index (χ2n) is 3.27. The molecule has 2 aliphatic rings. The van der Waals surface area contributed by atoms with Gasteiger partial charge in [0.05, 0.1) is 6.61 Å². The van der Waals surface area contributed by atoms with Gasteiger partial charge in [0.25, 0.3) is 0 Å². The minimum absolute atomic E-state index is 0.122. The summed E-state index contributed by atoms with van der Waals surface area (Å²) in [4.78, 5) is 0. The van der Waals surface area contributed by atoms with Crippen molar-refractivity contribution in [3.8, 4) is 0 Å². The molecule has 0 saturated carbocycles. The second kappa shape index (κ2) is 3.51. The first kappa shape index (κ1) is 9.36. The summed E-state index contributed by atoms with van der Waals surface area (Å²) < 4.78 is 20.9. The summed E-state index contributed by atoms with van der Waals surface area (Å²) in [6.07, 6.45) is -1.99. The van der Waals surface area contributed by atoms with E-state index in [9.17, 15) is 5.11 Å². The van der Waals surface area contributed by atoms with Crippen LogP contribution in [0.3, 0.4) is 0 Å². The molecule has 0 aromatic rings. The molecule has 2 rings (SSSR count). The maximum atomic E-state index is 9.70. The Balaban J connectivity index is 2.11. The molecule has 13 heavy (non-hydrogen) atoms. The fraction of sp³-hybridized carbons (Fsp3) is 1.00. The van der Waals surface area contributed by atoms with Gasteiger partial charge >= 0.3 is 0 Å². The van der Waals surface area contributed by atoms with Gasteiger partial charge in [0, 0.05) is 14.2 Å². The van der Waals surface area contributed by atoms with Gasteiger partial charge in [-0.25, -0.2) is 0 Å². The second-order valence-corrected chi connectivity index (χ2v) is 3.27. The lowest BCUT2D eigenvalue weighted by Crippen LogP contribution is -2.54. The van der Waals surface area contributed by atoms with Crippen LogP contribution in [0.2, 0.25) is 0 Å². The predicted molar refractivity (Wildman–Crippen MR) is 42.2 cm³/mol. The van der Waals surface area contributed by atoms with Crippen LogP contribution < -0.4 is 0 Å². The highest BCUT2D eigenvalue weighted by Gasteiger charge is 2.51. The molecule has 2 saturated heterocycles. The predicted octanol–water partition coefficient (Wildman–Crippen LogP) is -0.868. The topological polar surface area (TPSA) is 57.2 Å². The number of aliphatic hydroxyl groups is 1. The first-order valence-corrected chi connectivity index (χ1v) is 4.28. The third-order valence-corrected chi connectivity index (χ3v) is 2.57. The number of methoxy groups -OCH3 is 2. The lowest BCUT2D eigenvalue weighted by atomic mass is 10.0. The average Bonchev–Trinajstić information content (AvgIpc) is 2.48. The quantitative estimate of drug-likeness (QED) is 0.613. The van der Waals surface area contributed by atoms with E-state index in [-0.39, 0.29) is 18.3 Å². The van der Waals surface area contributed by atoms with Crippen LogP contribution in [-0.4, -0.2) is 56.6 Å². The number of fused-ring (bicyclic) bond motifs is 2. The summed E-state index contributed by atoms with van der Waals surface area (Å²) in [7, 11) is 3.09. The molecular weight excluding hydrogens is 176 g/mol. The van der Waals surface area contributed by atoms with Gasteiger partial charge in [-0.2, -0.15) is 0 Å². The largest absolute Gasteiger partial charge is 0.385 e. The monoisotopic (exact) mass is 190 g/mol. The zero-order valence-electron chi connectivity index (χ0n) is 7.67. The maximum absolute atomic E-state index is 9.70. The highest BCUT2D eigenvalue weighted by atomic mass is 16.7. The summed E-state index contributed by atoms with van der Waals surface area (Å²) in [5, 5.41) is 9.70. The Morgan fingerprint density at radius 1 is 1.31 bits per heavy atom. The standard InChI is InChI=1S/C8H14O5/c1-10-6-4-3-12-7(6)5(9)8(11-2)13-4/h4-9H,3H2,1-2H3. The number of rotatable bonds is 2. The number of ether oxygens (including phenoxy) is 4. The van der Waals surface area contributed by atoms with E-state index in [2.05, 4.69) is 0 Å². The Kier molecular flexibility index (Phi) is 2.53. The van der Waals surface area contributed by atoms with Gasteiger partial charge in [-0.3, -0.25) is 0 Å². The van der Waals surface area contributed by atoms with E-state index < -0.39 is 12.4 Å². The summed E-state index contributed by atoms with van der Waals surface area (Å²) in [5.41, 5.74) is 0. The minimum Gasteiger partial charge on any atom is -0.385 e. The van der Waals surface area contributed by atoms with Crippen molar-refractivity contribution in [1.82, 2.24) is 0 Å². The van der Waals surface area contributed by atoms with Crippen molar-refractivity contribution in [1.29, 1.82) is 0 Å². The summed E-state index contributed by atoms with van der Waals surface area (Å²) in [6, 6.07) is 0. The SMILES string of the molecule is COC1OC2COC(C1O)C2OC. The fourth-order valence-electron chi connectivity index (χ4n) is 1.91. The van der Waals surface area contributed by atoms with Crippen LogP contribution in [0.5, 0.6) is 0 Å². The van der Waals surface area contributed by atoms with Crippen molar-refractivity contribution < 1.29 is 24.1 Å². The Hall–Kier alpha value is -0.200. The molecule has 2 heterocycles. The van der Waals surface area contributed by atoms with Crippen LogP contribution in [0.25, 0.3) is 0 Å². The average molecular weight is 190 g/mol. The zero-order chi connectivity index (χ0) is 9.42. The smallest absolute Gasteiger partial charge is 0.186 e. The molecule has 0 aromatic heterocycles. The Bertz CT molecular complexity index is 185. The van der Waals surface area contributed by atoms with Crippen LogP contribution in [0.4, 0.5) is 0 Å². The molecule has 0 spiro atoms. The van der Waals surface area contributed by atoms with E-state index in [1.165, 1.54) is 7.11 Å². The molecule has 1 N–H and O–H groups in total. The number of hydrogen-bond donors (Lipinski definition) is 1. The highest BCUT2D eigenvalue weighted by molar-refractivity contribution is 4.95. The van der Waals surface area contributed by atoms with Crippen molar-refractivity contribution >= 4 is 0 Å². The third-order valence-electron chi connectivity index (χ3n) is 2.57. The van der Waals surface area contributed by atoms with Gasteiger partial charge in [0.1, 0.15) is 24.4 Å². The molecule has 0 amide bonds. The van der Waals surface area contributed by atoms with Crippen LogP contribution in [0.1, 0.15) is 0 Å². The Labute approximate surface area is 76.5 Å². The van der Waals surface area contributed by atoms with Crippen LogP contribution in [0, 0.1) is 0 Å². The molecule has 5 atom stereocenters. The molecule has 0 radical (unpaired) electrons. The van der Waals surface area contributed by atoms with Crippen molar-refractivity contribution in [3.05, 3.63) is 0 Å². The van der Waals surface area contributed by atoms with E-state index in [0.29, 0.717) is 6.61 Å². The van der Waals surface area contributed by atoms with E-state index in [0.717, 1.165) is 0 Å². The molecule has 2 fully saturated rings. The molecule has 5 unspecified atom stereocenters. The summed E-state index contributed by atoms with van der Waals surface area (Å²) >= 11 is 0. The molecule has 5 heteroatoms. The molecule has 76 valence electrons. The van der Waals surface area contributed by atoms with E-state index in [4.69, 9.17) is 18.9 Å². The van der Waals surface area contributed by atoms with Crippen molar-refractivity contribution in [3.63, 3.8) is 0 Å². The number of hydrogen-bond acceptors (Lipinski definition) is 5. The van der Waals surface area contributed by atoms with Crippen molar-refractivity contribution in [2.75, 3.05) is 20.8 Å². The maximum Gasteiger partial charge on any atom is 0.186 e. The van der Waals surface area contributed by atoms with E-state index >= 15 is 0 Å². The van der Waals surface area contributed by atoms with Crippen LogP contribution in [-0.2, 0) is 18.9 Å². The van der Waals surface area contributed by atoms with Gasteiger partial charge < -0.3 is 24.1 Å². The molecule has 2 aliphatic heterocycles. The summed E-state index contributed by atoms with van der Waals surface area (Å²) in [5.74, 6) is 0. The third kappa shape index (κ3) is 1.37. The van der Waals surface area contributed by atoms with Gasteiger partial charge in [0.15, 0.2) is 6.29 Å². The van der Waals surface area contributed by atoms with E-state index in [1.54, 1.807) is 7.11 Å². The molecular formula is C8H14O5. The van der Waals surface area contributed by atoms with Crippen LogP contribution >= 0.6 is 0 Å². The first-order valence-electron chi connectivity index (χ1n) is 4.28. The van der Waals surface area contributed by atoms with Gasteiger partial charge in [0.2, 0.25) is 0 Å². The van der Waals surface area contributed by atoms with Gasteiger partial charge in [-0.1, -0.05) is 0 Å².